The number of nitrogens with zero attached hydrogens (tertiary/aromatic N) is 2. The van der Waals surface area contributed by atoms with Crippen molar-refractivity contribution in [1.29, 1.82) is 5.26 Å². The SMILES string of the molecule is [C-]#[N+]C(C#N)C1=C(C(=O)OC)SCC1. The first-order valence-electron chi connectivity index (χ1n) is 3.95. The van der Waals surface area contributed by atoms with Crippen molar-refractivity contribution in [2.45, 2.75) is 12.5 Å². The predicted molar refractivity (Wildman–Crippen MR) is 52.1 cm³/mol. The molecular weight excluding hydrogens is 200 g/mol. The van der Waals surface area contributed by atoms with Crippen LogP contribution in [0.1, 0.15) is 6.42 Å². The Morgan fingerprint density at radius 3 is 3.07 bits per heavy atom. The second-order valence-corrected chi connectivity index (χ2v) is 3.71. The number of nitriles is 1. The zero-order valence-electron chi connectivity index (χ0n) is 7.61. The predicted octanol–water partition coefficient (Wildman–Crippen LogP) is 1.36. The minimum Gasteiger partial charge on any atom is -0.465 e. The summed E-state index contributed by atoms with van der Waals surface area (Å²) in [6, 6.07) is 1.04. The number of hydrogen-bond acceptors (Lipinski definition) is 4. The molecule has 72 valence electrons. The van der Waals surface area contributed by atoms with Gasteiger partial charge in [-0.3, -0.25) is 4.85 Å². The van der Waals surface area contributed by atoms with Crippen molar-refractivity contribution >= 4 is 17.7 Å². The van der Waals surface area contributed by atoms with E-state index in [0.29, 0.717) is 16.9 Å². The fourth-order valence-electron chi connectivity index (χ4n) is 1.20. The van der Waals surface area contributed by atoms with Crippen molar-refractivity contribution in [1.82, 2.24) is 0 Å². The molecule has 1 atom stereocenters. The zero-order valence-corrected chi connectivity index (χ0v) is 8.43. The van der Waals surface area contributed by atoms with Gasteiger partial charge in [-0.1, -0.05) is 0 Å². The quantitative estimate of drug-likeness (QED) is 0.508. The van der Waals surface area contributed by atoms with Crippen molar-refractivity contribution in [3.8, 4) is 6.07 Å². The molecule has 0 aromatic carbocycles. The molecule has 0 saturated heterocycles. The molecule has 1 heterocycles. The molecular formula is C9H8N2O2S. The van der Waals surface area contributed by atoms with E-state index in [9.17, 15) is 4.79 Å². The van der Waals surface area contributed by atoms with Crippen LogP contribution in [-0.2, 0) is 9.53 Å². The van der Waals surface area contributed by atoms with Gasteiger partial charge in [0.25, 0.3) is 0 Å². The van der Waals surface area contributed by atoms with Gasteiger partial charge >= 0.3 is 12.0 Å². The largest absolute Gasteiger partial charge is 0.465 e. The lowest BCUT2D eigenvalue weighted by Crippen LogP contribution is -2.08. The van der Waals surface area contributed by atoms with Gasteiger partial charge in [0.1, 0.15) is 4.91 Å². The highest BCUT2D eigenvalue weighted by molar-refractivity contribution is 8.04. The molecule has 0 spiro atoms. The van der Waals surface area contributed by atoms with Crippen LogP contribution in [0.5, 0.6) is 0 Å². The highest BCUT2D eigenvalue weighted by atomic mass is 32.2. The molecule has 4 nitrogen and oxygen atoms in total. The van der Waals surface area contributed by atoms with E-state index in [1.165, 1.54) is 18.9 Å². The Morgan fingerprint density at radius 1 is 1.86 bits per heavy atom. The number of rotatable bonds is 2. The summed E-state index contributed by atoms with van der Waals surface area (Å²) < 4.78 is 4.57. The molecule has 5 heteroatoms. The molecule has 0 aromatic heterocycles. The summed E-state index contributed by atoms with van der Waals surface area (Å²) >= 11 is 1.35. The average molecular weight is 208 g/mol. The molecule has 1 aliphatic heterocycles. The number of esters is 1. The topological polar surface area (TPSA) is 54.5 Å². The third-order valence-corrected chi connectivity index (χ3v) is 2.99. The third-order valence-electron chi connectivity index (χ3n) is 1.86. The van der Waals surface area contributed by atoms with E-state index >= 15 is 0 Å². The lowest BCUT2D eigenvalue weighted by molar-refractivity contribution is -0.135. The lowest BCUT2D eigenvalue weighted by atomic mass is 10.1. The Labute approximate surface area is 86.4 Å². The number of ether oxygens (including phenoxy) is 1. The molecule has 1 unspecified atom stereocenters. The second-order valence-electron chi connectivity index (χ2n) is 2.61. The average Bonchev–Trinajstić information content (AvgIpc) is 2.68. The summed E-state index contributed by atoms with van der Waals surface area (Å²) in [6.45, 7) is 6.82. The van der Waals surface area contributed by atoms with Crippen LogP contribution in [0.2, 0.25) is 0 Å². The third kappa shape index (κ3) is 1.89. The van der Waals surface area contributed by atoms with Crippen molar-refractivity contribution in [2.75, 3.05) is 12.9 Å². The molecule has 1 rings (SSSR count). The van der Waals surface area contributed by atoms with Gasteiger partial charge in [-0.15, -0.1) is 11.8 Å². The minimum atomic E-state index is -0.834. The first kappa shape index (κ1) is 10.6. The van der Waals surface area contributed by atoms with E-state index in [1.54, 1.807) is 0 Å². The van der Waals surface area contributed by atoms with Crippen molar-refractivity contribution < 1.29 is 9.53 Å². The van der Waals surface area contributed by atoms with Crippen LogP contribution in [0.15, 0.2) is 10.5 Å². The first-order valence-corrected chi connectivity index (χ1v) is 4.93. The highest BCUT2D eigenvalue weighted by Gasteiger charge is 2.31. The summed E-state index contributed by atoms with van der Waals surface area (Å²) in [7, 11) is 1.30. The van der Waals surface area contributed by atoms with Gasteiger partial charge in [0.15, 0.2) is 6.07 Å². The molecule has 1 aliphatic rings. The van der Waals surface area contributed by atoms with Crippen LogP contribution in [0.4, 0.5) is 0 Å². The molecule has 0 fully saturated rings. The smallest absolute Gasteiger partial charge is 0.344 e. The Bertz CT molecular complexity index is 348. The van der Waals surface area contributed by atoms with E-state index in [1.807, 2.05) is 6.07 Å². The van der Waals surface area contributed by atoms with E-state index < -0.39 is 12.0 Å². The van der Waals surface area contributed by atoms with Crippen LogP contribution >= 0.6 is 11.8 Å². The van der Waals surface area contributed by atoms with Gasteiger partial charge in [0, 0.05) is 11.3 Å². The summed E-state index contributed by atoms with van der Waals surface area (Å²) in [5.74, 6) is 0.305. The van der Waals surface area contributed by atoms with E-state index in [-0.39, 0.29) is 0 Å². The van der Waals surface area contributed by atoms with Gasteiger partial charge < -0.3 is 4.74 Å². The van der Waals surface area contributed by atoms with E-state index in [0.717, 1.165) is 5.75 Å². The van der Waals surface area contributed by atoms with Crippen molar-refractivity contribution in [3.63, 3.8) is 0 Å². The molecule has 0 aliphatic carbocycles. The summed E-state index contributed by atoms with van der Waals surface area (Å²) in [4.78, 5) is 14.9. The normalized spacial score (nSPS) is 17.1. The van der Waals surface area contributed by atoms with Crippen LogP contribution in [0.3, 0.4) is 0 Å². The molecule has 0 bridgehead atoms. The molecule has 0 N–H and O–H groups in total. The van der Waals surface area contributed by atoms with E-state index in [4.69, 9.17) is 11.8 Å². The number of methoxy groups -OCH3 is 1. The lowest BCUT2D eigenvalue weighted by Gasteiger charge is -2.01. The number of hydrogen-bond donors (Lipinski definition) is 0. The zero-order chi connectivity index (χ0) is 10.6. The summed E-state index contributed by atoms with van der Waals surface area (Å²) in [6.07, 6.45) is 0.621. The van der Waals surface area contributed by atoms with Gasteiger partial charge in [0.2, 0.25) is 0 Å². The Hall–Kier alpha value is -1.46. The number of carbonyl (C=O) groups excluding carboxylic acids is 1. The molecule has 0 amide bonds. The Balaban J connectivity index is 3.00. The molecule has 0 saturated carbocycles. The minimum absolute atomic E-state index is 0.439. The van der Waals surface area contributed by atoms with E-state index in [2.05, 4.69) is 9.58 Å². The maximum atomic E-state index is 11.2. The first-order chi connectivity index (χ1) is 6.74. The van der Waals surface area contributed by atoms with Crippen molar-refractivity contribution in [2.24, 2.45) is 0 Å². The number of thioether (sulfide) groups is 1. The standard InChI is InChI=1S/C9H8N2O2S/c1-11-7(5-10)6-3-4-14-8(6)9(12)13-2/h7H,3-4H2,2H3. The highest BCUT2D eigenvalue weighted by Crippen LogP contribution is 2.34. The Kier molecular flexibility index (Phi) is 3.55. The number of carbonyl (C=O) groups is 1. The van der Waals surface area contributed by atoms with Gasteiger partial charge in [-0.25, -0.2) is 11.4 Å². The van der Waals surface area contributed by atoms with Crippen molar-refractivity contribution in [3.05, 3.63) is 21.9 Å². The van der Waals surface area contributed by atoms with Crippen LogP contribution in [0, 0.1) is 17.9 Å². The fraction of sp³-hybridized carbons (Fsp3) is 0.444. The van der Waals surface area contributed by atoms with Gasteiger partial charge in [0.05, 0.1) is 7.11 Å². The molecule has 14 heavy (non-hydrogen) atoms. The summed E-state index contributed by atoms with van der Waals surface area (Å²) in [5, 5.41) is 8.70. The van der Waals surface area contributed by atoms with Crippen LogP contribution < -0.4 is 0 Å². The maximum absolute atomic E-state index is 11.2. The maximum Gasteiger partial charge on any atom is 0.344 e. The summed E-state index contributed by atoms with van der Waals surface area (Å²) in [5.41, 5.74) is 0.611. The van der Waals surface area contributed by atoms with Crippen LogP contribution in [-0.4, -0.2) is 24.9 Å². The van der Waals surface area contributed by atoms with Gasteiger partial charge in [-0.2, -0.15) is 5.26 Å². The second kappa shape index (κ2) is 4.69. The molecule has 0 radical (unpaired) electrons. The fourth-order valence-corrected chi connectivity index (χ4v) is 2.32. The monoisotopic (exact) mass is 208 g/mol. The Morgan fingerprint density at radius 2 is 2.57 bits per heavy atom. The molecule has 0 aromatic rings. The van der Waals surface area contributed by atoms with Crippen LogP contribution in [0.25, 0.3) is 4.85 Å². The van der Waals surface area contributed by atoms with Gasteiger partial charge in [-0.05, 0) is 6.42 Å².